The van der Waals surface area contributed by atoms with E-state index in [1.807, 2.05) is 0 Å². The largest absolute Gasteiger partial charge is 0.385 e. The van der Waals surface area contributed by atoms with Crippen molar-refractivity contribution < 1.29 is 0 Å². The topological polar surface area (TPSA) is 12.0 Å². The summed E-state index contributed by atoms with van der Waals surface area (Å²) in [5, 5.41) is 3.39. The van der Waals surface area contributed by atoms with Crippen LogP contribution in [0.2, 0.25) is 0 Å². The molecule has 1 N–H and O–H groups in total. The summed E-state index contributed by atoms with van der Waals surface area (Å²) in [6.07, 6.45) is 7.88. The first-order chi connectivity index (χ1) is 5.36. The van der Waals surface area contributed by atoms with Crippen LogP contribution in [0.15, 0.2) is 35.6 Å². The molecule has 0 spiro atoms. The third kappa shape index (κ3) is 1.23. The number of hydrogen-bond donors (Lipinski definition) is 1. The summed E-state index contributed by atoms with van der Waals surface area (Å²) in [6, 6.07) is 0. The Morgan fingerprint density at radius 2 is 2.27 bits per heavy atom. The molecule has 0 atom stereocenters. The summed E-state index contributed by atoms with van der Waals surface area (Å²) in [4.78, 5) is 0. The molecule has 0 amide bonds. The van der Waals surface area contributed by atoms with E-state index in [0.717, 1.165) is 13.0 Å². The molecule has 1 heteroatoms. The fraction of sp³-hybridized carbons (Fsp3) is 0.400. The molecular formula is C10H13N. The molecule has 2 aliphatic rings. The van der Waals surface area contributed by atoms with E-state index < -0.39 is 0 Å². The van der Waals surface area contributed by atoms with Gasteiger partial charge in [-0.25, -0.2) is 0 Å². The molecule has 1 nitrogen and oxygen atoms in total. The second-order valence-corrected chi connectivity index (χ2v) is 3.22. The molecule has 0 radical (unpaired) electrons. The van der Waals surface area contributed by atoms with E-state index >= 15 is 0 Å². The van der Waals surface area contributed by atoms with Crippen molar-refractivity contribution in [2.75, 3.05) is 6.54 Å². The Morgan fingerprint density at radius 3 is 3.18 bits per heavy atom. The molecular weight excluding hydrogens is 134 g/mol. The Bertz CT molecular complexity index is 246. The van der Waals surface area contributed by atoms with E-state index in [4.69, 9.17) is 0 Å². The minimum Gasteiger partial charge on any atom is -0.385 e. The van der Waals surface area contributed by atoms with Crippen LogP contribution in [-0.4, -0.2) is 6.54 Å². The van der Waals surface area contributed by atoms with Crippen molar-refractivity contribution in [3.63, 3.8) is 0 Å². The van der Waals surface area contributed by atoms with E-state index in [-0.39, 0.29) is 0 Å². The van der Waals surface area contributed by atoms with Crippen molar-refractivity contribution in [1.82, 2.24) is 5.32 Å². The highest BCUT2D eigenvalue weighted by molar-refractivity contribution is 5.39. The maximum Gasteiger partial charge on any atom is 0.0335 e. The molecule has 1 aliphatic heterocycles. The number of hydrogen-bond acceptors (Lipinski definition) is 1. The average Bonchev–Trinajstić information content (AvgIpc) is 2.04. The van der Waals surface area contributed by atoms with Crippen molar-refractivity contribution in [3.8, 4) is 0 Å². The highest BCUT2D eigenvalue weighted by atomic mass is 14.9. The molecule has 0 unspecified atom stereocenters. The van der Waals surface area contributed by atoms with Gasteiger partial charge in [0.05, 0.1) is 0 Å². The SMILES string of the molecule is C=C1C=CC2=C(CCCN2)C1. The zero-order chi connectivity index (χ0) is 7.68. The molecule has 1 heterocycles. The molecule has 1 aliphatic carbocycles. The average molecular weight is 147 g/mol. The van der Waals surface area contributed by atoms with Crippen LogP contribution < -0.4 is 5.32 Å². The predicted molar refractivity (Wildman–Crippen MR) is 47.2 cm³/mol. The summed E-state index contributed by atoms with van der Waals surface area (Å²) in [5.74, 6) is 0. The monoisotopic (exact) mass is 147 g/mol. The summed E-state index contributed by atoms with van der Waals surface area (Å²) in [7, 11) is 0. The minimum absolute atomic E-state index is 1.08. The number of nitrogens with one attached hydrogen (secondary N) is 1. The van der Waals surface area contributed by atoms with Crippen molar-refractivity contribution >= 4 is 0 Å². The fourth-order valence-corrected chi connectivity index (χ4v) is 1.68. The first-order valence-corrected chi connectivity index (χ1v) is 4.18. The van der Waals surface area contributed by atoms with Crippen LogP contribution >= 0.6 is 0 Å². The Labute approximate surface area is 67.5 Å². The summed E-state index contributed by atoms with van der Waals surface area (Å²) < 4.78 is 0. The second-order valence-electron chi connectivity index (χ2n) is 3.22. The van der Waals surface area contributed by atoms with Crippen molar-refractivity contribution in [2.24, 2.45) is 0 Å². The van der Waals surface area contributed by atoms with E-state index in [9.17, 15) is 0 Å². The lowest BCUT2D eigenvalue weighted by atomic mass is 9.93. The molecule has 0 bridgehead atoms. The Morgan fingerprint density at radius 1 is 1.36 bits per heavy atom. The zero-order valence-electron chi connectivity index (χ0n) is 6.69. The van der Waals surface area contributed by atoms with E-state index in [1.165, 1.54) is 24.1 Å². The van der Waals surface area contributed by atoms with Gasteiger partial charge in [0.15, 0.2) is 0 Å². The zero-order valence-corrected chi connectivity index (χ0v) is 6.69. The summed E-state index contributed by atoms with van der Waals surface area (Å²) >= 11 is 0. The van der Waals surface area contributed by atoms with Gasteiger partial charge < -0.3 is 5.32 Å². The van der Waals surface area contributed by atoms with E-state index in [0.29, 0.717) is 0 Å². The van der Waals surface area contributed by atoms with Gasteiger partial charge in [-0.05, 0) is 30.9 Å². The Balaban J connectivity index is 2.26. The molecule has 0 fully saturated rings. The quantitative estimate of drug-likeness (QED) is 0.553. The van der Waals surface area contributed by atoms with Crippen LogP contribution in [0.25, 0.3) is 0 Å². The normalized spacial score (nSPS) is 23.1. The van der Waals surface area contributed by atoms with E-state index in [2.05, 4.69) is 24.0 Å². The molecule has 11 heavy (non-hydrogen) atoms. The van der Waals surface area contributed by atoms with Gasteiger partial charge in [0.25, 0.3) is 0 Å². The maximum absolute atomic E-state index is 3.96. The fourth-order valence-electron chi connectivity index (χ4n) is 1.68. The van der Waals surface area contributed by atoms with Crippen LogP contribution in [0.3, 0.4) is 0 Å². The first-order valence-electron chi connectivity index (χ1n) is 4.18. The Kier molecular flexibility index (Phi) is 1.57. The lowest BCUT2D eigenvalue weighted by Crippen LogP contribution is -2.21. The Hall–Kier alpha value is -0.980. The standard InChI is InChI=1S/C10H13N/c1-8-4-5-10-9(7-8)3-2-6-11-10/h4-5,11H,1-3,6-7H2. The molecule has 0 aromatic rings. The van der Waals surface area contributed by atoms with Crippen molar-refractivity contribution in [1.29, 1.82) is 0 Å². The maximum atomic E-state index is 3.96. The van der Waals surface area contributed by atoms with Crippen molar-refractivity contribution in [3.05, 3.63) is 35.6 Å². The molecule has 2 rings (SSSR count). The van der Waals surface area contributed by atoms with Gasteiger partial charge in [0.2, 0.25) is 0 Å². The number of allylic oxidation sites excluding steroid dienone is 4. The molecule has 58 valence electrons. The van der Waals surface area contributed by atoms with Crippen LogP contribution in [-0.2, 0) is 0 Å². The summed E-state index contributed by atoms with van der Waals surface area (Å²) in [6.45, 7) is 5.09. The molecule has 0 saturated carbocycles. The lowest BCUT2D eigenvalue weighted by Gasteiger charge is -2.23. The molecule has 0 aromatic carbocycles. The first kappa shape index (κ1) is 6.71. The van der Waals surface area contributed by atoms with Crippen LogP contribution in [0, 0.1) is 0 Å². The van der Waals surface area contributed by atoms with Gasteiger partial charge in [-0.15, -0.1) is 0 Å². The van der Waals surface area contributed by atoms with Crippen molar-refractivity contribution in [2.45, 2.75) is 19.3 Å². The molecule has 0 saturated heterocycles. The van der Waals surface area contributed by atoms with Gasteiger partial charge >= 0.3 is 0 Å². The minimum atomic E-state index is 1.08. The predicted octanol–water partition coefficient (Wildman–Crippen LogP) is 2.14. The van der Waals surface area contributed by atoms with Gasteiger partial charge in [0, 0.05) is 12.2 Å². The number of rotatable bonds is 0. The lowest BCUT2D eigenvalue weighted by molar-refractivity contribution is 0.658. The van der Waals surface area contributed by atoms with Crippen LogP contribution in [0.1, 0.15) is 19.3 Å². The van der Waals surface area contributed by atoms with Crippen LogP contribution in [0.4, 0.5) is 0 Å². The highest BCUT2D eigenvalue weighted by Gasteiger charge is 2.13. The molecule has 0 aromatic heterocycles. The van der Waals surface area contributed by atoms with Gasteiger partial charge in [0.1, 0.15) is 0 Å². The third-order valence-electron chi connectivity index (χ3n) is 2.28. The van der Waals surface area contributed by atoms with Gasteiger partial charge in [-0.3, -0.25) is 0 Å². The van der Waals surface area contributed by atoms with Gasteiger partial charge in [-0.2, -0.15) is 0 Å². The smallest absolute Gasteiger partial charge is 0.0335 e. The van der Waals surface area contributed by atoms with E-state index in [1.54, 1.807) is 5.57 Å². The van der Waals surface area contributed by atoms with Gasteiger partial charge in [-0.1, -0.05) is 18.2 Å². The summed E-state index contributed by atoms with van der Waals surface area (Å²) in [5.41, 5.74) is 4.14. The van der Waals surface area contributed by atoms with Crippen LogP contribution in [0.5, 0.6) is 0 Å². The highest BCUT2D eigenvalue weighted by Crippen LogP contribution is 2.26. The third-order valence-corrected chi connectivity index (χ3v) is 2.28. The second kappa shape index (κ2) is 2.57.